The Labute approximate surface area is 169 Å². The molecule has 2 aromatic rings. The number of non-ortho nitro benzene ring substituents is 1. The Hall–Kier alpha value is -2.94. The fourth-order valence-electron chi connectivity index (χ4n) is 3.52. The lowest BCUT2D eigenvalue weighted by molar-refractivity contribution is -0.384. The van der Waals surface area contributed by atoms with Crippen LogP contribution < -0.4 is 9.62 Å². The third kappa shape index (κ3) is 4.92. The molecule has 0 aromatic heterocycles. The van der Waals surface area contributed by atoms with E-state index in [2.05, 4.69) is 17.4 Å². The van der Waals surface area contributed by atoms with Gasteiger partial charge in [0, 0.05) is 12.1 Å². The maximum absolute atomic E-state index is 12.6. The molecule has 1 aliphatic carbocycles. The number of sulfonamides is 1. The molecule has 3 rings (SSSR count). The minimum Gasteiger partial charge on any atom is -0.348 e. The highest BCUT2D eigenvalue weighted by molar-refractivity contribution is 7.92. The Balaban J connectivity index is 1.75. The number of nitro benzene ring substituents is 1. The fraction of sp³-hybridized carbons (Fsp3) is 0.350. The van der Waals surface area contributed by atoms with E-state index in [1.54, 1.807) is 0 Å². The molecule has 0 radical (unpaired) electrons. The van der Waals surface area contributed by atoms with Crippen molar-refractivity contribution in [3.05, 3.63) is 69.3 Å². The van der Waals surface area contributed by atoms with Crippen molar-refractivity contribution in [2.75, 3.05) is 17.1 Å². The van der Waals surface area contributed by atoms with Crippen molar-refractivity contribution < 1.29 is 18.1 Å². The third-order valence-electron chi connectivity index (χ3n) is 5.02. The van der Waals surface area contributed by atoms with Crippen molar-refractivity contribution in [2.24, 2.45) is 0 Å². The van der Waals surface area contributed by atoms with Crippen molar-refractivity contribution in [1.82, 2.24) is 5.32 Å². The fourth-order valence-corrected chi connectivity index (χ4v) is 4.37. The van der Waals surface area contributed by atoms with Gasteiger partial charge in [-0.15, -0.1) is 0 Å². The predicted octanol–water partition coefficient (Wildman–Crippen LogP) is 2.73. The number of rotatable bonds is 7. The zero-order valence-corrected chi connectivity index (χ0v) is 17.1. The first-order valence-electron chi connectivity index (χ1n) is 9.28. The SMILES string of the molecule is CC(NC(=O)CN(c1cccc([N+](=O)[O-])c1)S(C)(=O)=O)c1ccc2c(c1)CCC2. The predicted molar refractivity (Wildman–Crippen MR) is 110 cm³/mol. The number of carbonyl (C=O) groups excluding carboxylic acids is 1. The van der Waals surface area contributed by atoms with E-state index >= 15 is 0 Å². The summed E-state index contributed by atoms with van der Waals surface area (Å²) < 4.78 is 25.3. The molecular formula is C20H23N3O5S. The molecule has 1 atom stereocenters. The summed E-state index contributed by atoms with van der Waals surface area (Å²) >= 11 is 0. The quantitative estimate of drug-likeness (QED) is 0.550. The van der Waals surface area contributed by atoms with E-state index in [1.807, 2.05) is 13.0 Å². The van der Waals surface area contributed by atoms with E-state index in [1.165, 1.54) is 29.3 Å². The van der Waals surface area contributed by atoms with Crippen LogP contribution in [0.15, 0.2) is 42.5 Å². The van der Waals surface area contributed by atoms with Crippen molar-refractivity contribution in [3.63, 3.8) is 0 Å². The minimum absolute atomic E-state index is 0.0713. The van der Waals surface area contributed by atoms with Gasteiger partial charge in [0.15, 0.2) is 0 Å². The molecule has 1 N–H and O–H groups in total. The molecule has 0 spiro atoms. The van der Waals surface area contributed by atoms with Crippen LogP contribution in [0.4, 0.5) is 11.4 Å². The number of anilines is 1. The van der Waals surface area contributed by atoms with Gasteiger partial charge in [0.05, 0.1) is 22.9 Å². The summed E-state index contributed by atoms with van der Waals surface area (Å²) in [6.45, 7) is 1.38. The average Bonchev–Trinajstić information content (AvgIpc) is 3.13. The summed E-state index contributed by atoms with van der Waals surface area (Å²) in [5.74, 6) is -0.491. The molecule has 0 aliphatic heterocycles. The summed E-state index contributed by atoms with van der Waals surface area (Å²) in [5.41, 5.74) is 3.41. The molecule has 8 nitrogen and oxygen atoms in total. The van der Waals surface area contributed by atoms with E-state index in [-0.39, 0.29) is 17.4 Å². The summed E-state index contributed by atoms with van der Waals surface area (Å²) in [7, 11) is -3.81. The van der Waals surface area contributed by atoms with E-state index < -0.39 is 27.4 Å². The lowest BCUT2D eigenvalue weighted by Crippen LogP contribution is -2.41. The Kier molecular flexibility index (Phi) is 5.88. The average molecular weight is 417 g/mol. The maximum Gasteiger partial charge on any atom is 0.271 e. The molecule has 0 fully saturated rings. The number of nitrogens with zero attached hydrogens (tertiary/aromatic N) is 2. The van der Waals surface area contributed by atoms with E-state index in [0.717, 1.165) is 41.5 Å². The number of nitrogens with one attached hydrogen (secondary N) is 1. The van der Waals surface area contributed by atoms with Crippen molar-refractivity contribution in [3.8, 4) is 0 Å². The summed E-state index contributed by atoms with van der Waals surface area (Å²) in [6, 6.07) is 11.1. The maximum atomic E-state index is 12.6. The van der Waals surface area contributed by atoms with Gasteiger partial charge in [0.25, 0.3) is 5.69 Å². The van der Waals surface area contributed by atoms with Crippen LogP contribution in [-0.2, 0) is 27.7 Å². The Bertz CT molecular complexity index is 1050. The van der Waals surface area contributed by atoms with Gasteiger partial charge in [-0.2, -0.15) is 0 Å². The van der Waals surface area contributed by atoms with Gasteiger partial charge in [0.1, 0.15) is 6.54 Å². The highest BCUT2D eigenvalue weighted by Gasteiger charge is 2.24. The number of hydrogen-bond acceptors (Lipinski definition) is 5. The molecular weight excluding hydrogens is 394 g/mol. The van der Waals surface area contributed by atoms with Crippen molar-refractivity contribution in [1.29, 1.82) is 0 Å². The molecule has 0 heterocycles. The smallest absolute Gasteiger partial charge is 0.271 e. The van der Waals surface area contributed by atoms with Crippen LogP contribution in [0, 0.1) is 10.1 Å². The molecule has 9 heteroatoms. The number of nitro groups is 1. The van der Waals surface area contributed by atoms with Gasteiger partial charge in [-0.25, -0.2) is 8.42 Å². The van der Waals surface area contributed by atoms with E-state index in [4.69, 9.17) is 0 Å². The topological polar surface area (TPSA) is 110 Å². The standard InChI is InChI=1S/C20H23N3O5S/c1-14(16-10-9-15-5-3-6-17(15)11-16)21-20(24)13-22(29(2,27)28)18-7-4-8-19(12-18)23(25)26/h4,7-12,14H,3,5-6,13H2,1-2H3,(H,21,24). The first kappa shape index (κ1) is 20.8. The van der Waals surface area contributed by atoms with Crippen LogP contribution >= 0.6 is 0 Å². The van der Waals surface area contributed by atoms with Gasteiger partial charge < -0.3 is 5.32 Å². The second-order valence-corrected chi connectivity index (χ2v) is 9.12. The molecule has 2 aromatic carbocycles. The molecule has 29 heavy (non-hydrogen) atoms. The van der Waals surface area contributed by atoms with Gasteiger partial charge in [-0.05, 0) is 48.9 Å². The largest absolute Gasteiger partial charge is 0.348 e. The number of hydrogen-bond donors (Lipinski definition) is 1. The summed E-state index contributed by atoms with van der Waals surface area (Å²) in [5, 5.41) is 13.8. The first-order chi connectivity index (χ1) is 13.6. The van der Waals surface area contributed by atoms with Crippen molar-refractivity contribution >= 4 is 27.3 Å². The lowest BCUT2D eigenvalue weighted by Gasteiger charge is -2.23. The lowest BCUT2D eigenvalue weighted by atomic mass is 10.0. The molecule has 0 saturated carbocycles. The van der Waals surface area contributed by atoms with Gasteiger partial charge >= 0.3 is 0 Å². The molecule has 1 unspecified atom stereocenters. The first-order valence-corrected chi connectivity index (χ1v) is 11.1. The number of amides is 1. The molecule has 1 aliphatic rings. The van der Waals surface area contributed by atoms with Gasteiger partial charge in [0.2, 0.25) is 15.9 Å². The summed E-state index contributed by atoms with van der Waals surface area (Å²) in [6.07, 6.45) is 4.19. The van der Waals surface area contributed by atoms with Crippen LogP contribution in [0.25, 0.3) is 0 Å². The normalized spacial score (nSPS) is 14.1. The molecule has 154 valence electrons. The Morgan fingerprint density at radius 1 is 1.21 bits per heavy atom. The molecule has 0 bridgehead atoms. The van der Waals surface area contributed by atoms with Crippen LogP contribution in [-0.4, -0.2) is 32.0 Å². The highest BCUT2D eigenvalue weighted by Crippen LogP contribution is 2.26. The zero-order valence-electron chi connectivity index (χ0n) is 16.3. The van der Waals surface area contributed by atoms with Crippen LogP contribution in [0.3, 0.4) is 0 Å². The van der Waals surface area contributed by atoms with E-state index in [0.29, 0.717) is 0 Å². The second kappa shape index (κ2) is 8.20. The number of aryl methyl sites for hydroxylation is 2. The molecule has 0 saturated heterocycles. The van der Waals surface area contributed by atoms with E-state index in [9.17, 15) is 23.3 Å². The van der Waals surface area contributed by atoms with Crippen LogP contribution in [0.2, 0.25) is 0 Å². The monoisotopic (exact) mass is 417 g/mol. The van der Waals surface area contributed by atoms with Crippen molar-refractivity contribution in [2.45, 2.75) is 32.2 Å². The third-order valence-corrected chi connectivity index (χ3v) is 6.16. The number of fused-ring (bicyclic) bond motifs is 1. The van der Waals surface area contributed by atoms with Crippen LogP contribution in [0.1, 0.15) is 36.1 Å². The van der Waals surface area contributed by atoms with Gasteiger partial charge in [-0.1, -0.05) is 24.3 Å². The number of carbonyl (C=O) groups is 1. The summed E-state index contributed by atoms with van der Waals surface area (Å²) in [4.78, 5) is 22.9. The Morgan fingerprint density at radius 3 is 2.62 bits per heavy atom. The second-order valence-electron chi connectivity index (χ2n) is 7.22. The highest BCUT2D eigenvalue weighted by atomic mass is 32.2. The van der Waals surface area contributed by atoms with Gasteiger partial charge in [-0.3, -0.25) is 19.2 Å². The minimum atomic E-state index is -3.81. The zero-order chi connectivity index (χ0) is 21.2. The molecule has 1 amide bonds. The van der Waals surface area contributed by atoms with Crippen LogP contribution in [0.5, 0.6) is 0 Å². The Morgan fingerprint density at radius 2 is 1.93 bits per heavy atom. The number of benzene rings is 2.